The lowest BCUT2D eigenvalue weighted by Gasteiger charge is -2.28. The Hall–Kier alpha value is -1.95. The third kappa shape index (κ3) is 2.83. The normalized spacial score (nSPS) is 14.2. The maximum atomic E-state index is 12.9. The Balaban J connectivity index is 2.44. The van der Waals surface area contributed by atoms with Crippen molar-refractivity contribution in [2.24, 2.45) is 0 Å². The molecule has 0 unspecified atom stereocenters. The molecular formula is C15H19ClN2O4. The molecule has 0 aliphatic carbocycles. The van der Waals surface area contributed by atoms with Crippen LogP contribution in [0.5, 0.6) is 11.5 Å². The van der Waals surface area contributed by atoms with E-state index in [9.17, 15) is 9.59 Å². The number of hydrogen-bond donors (Lipinski definition) is 0. The van der Waals surface area contributed by atoms with Gasteiger partial charge < -0.3 is 9.47 Å². The number of hydrazine groups is 1. The summed E-state index contributed by atoms with van der Waals surface area (Å²) in [5, 5.41) is 3.23. The second kappa shape index (κ2) is 6.87. The van der Waals surface area contributed by atoms with Crippen LogP contribution in [0, 0.1) is 0 Å². The monoisotopic (exact) mass is 326 g/mol. The lowest BCUT2D eigenvalue weighted by molar-refractivity contribution is -0.140. The molecule has 0 radical (unpaired) electrons. The average Bonchev–Trinajstić information content (AvgIpc) is 3.02. The van der Waals surface area contributed by atoms with Crippen LogP contribution in [0.3, 0.4) is 0 Å². The Bertz CT molecular complexity index is 591. The summed E-state index contributed by atoms with van der Waals surface area (Å²) < 4.78 is 10.5. The maximum Gasteiger partial charge on any atom is 0.280 e. The molecule has 0 atom stereocenters. The molecule has 120 valence electrons. The Morgan fingerprint density at radius 3 is 2.45 bits per heavy atom. The molecule has 0 bridgehead atoms. The first-order valence-electron chi connectivity index (χ1n) is 7.07. The SMILES string of the molecule is CCC(=O)N1CCCN1C(=O)c1c(OC)ccc(Cl)c1OC. The molecule has 2 amide bonds. The quantitative estimate of drug-likeness (QED) is 0.852. The van der Waals surface area contributed by atoms with E-state index >= 15 is 0 Å². The number of halogens is 1. The zero-order chi connectivity index (χ0) is 16.3. The predicted octanol–water partition coefficient (Wildman–Crippen LogP) is 2.36. The fourth-order valence-electron chi connectivity index (χ4n) is 2.51. The molecule has 22 heavy (non-hydrogen) atoms. The summed E-state index contributed by atoms with van der Waals surface area (Å²) >= 11 is 6.10. The highest BCUT2D eigenvalue weighted by molar-refractivity contribution is 6.32. The lowest BCUT2D eigenvalue weighted by Crippen LogP contribution is -2.44. The number of ether oxygens (including phenoxy) is 2. The molecule has 1 aliphatic rings. The van der Waals surface area contributed by atoms with E-state index in [4.69, 9.17) is 21.1 Å². The van der Waals surface area contributed by atoms with Gasteiger partial charge in [-0.25, -0.2) is 5.01 Å². The number of rotatable bonds is 4. The van der Waals surface area contributed by atoms with E-state index in [1.807, 2.05) is 0 Å². The Morgan fingerprint density at radius 1 is 1.18 bits per heavy atom. The summed E-state index contributed by atoms with van der Waals surface area (Å²) in [6.45, 7) is 2.77. The van der Waals surface area contributed by atoms with Crippen LogP contribution in [0.15, 0.2) is 12.1 Å². The topological polar surface area (TPSA) is 59.1 Å². The van der Waals surface area contributed by atoms with Gasteiger partial charge in [-0.15, -0.1) is 0 Å². The summed E-state index contributed by atoms with van der Waals surface area (Å²) in [4.78, 5) is 24.9. The highest BCUT2D eigenvalue weighted by Gasteiger charge is 2.34. The minimum Gasteiger partial charge on any atom is -0.496 e. The molecule has 0 N–H and O–H groups in total. The second-order valence-corrected chi connectivity index (χ2v) is 5.22. The van der Waals surface area contributed by atoms with Gasteiger partial charge in [-0.1, -0.05) is 18.5 Å². The number of carbonyl (C=O) groups excluding carboxylic acids is 2. The summed E-state index contributed by atoms with van der Waals surface area (Å²) in [6.07, 6.45) is 1.08. The van der Waals surface area contributed by atoms with Gasteiger partial charge in [0.05, 0.1) is 19.2 Å². The molecule has 1 saturated heterocycles. The van der Waals surface area contributed by atoms with Gasteiger partial charge in [0.25, 0.3) is 5.91 Å². The Morgan fingerprint density at radius 2 is 1.86 bits per heavy atom. The number of carbonyl (C=O) groups is 2. The molecule has 1 aliphatic heterocycles. The first kappa shape index (κ1) is 16.4. The van der Waals surface area contributed by atoms with Crippen LogP contribution in [-0.2, 0) is 4.79 Å². The van der Waals surface area contributed by atoms with Crippen molar-refractivity contribution in [2.75, 3.05) is 27.3 Å². The first-order valence-corrected chi connectivity index (χ1v) is 7.45. The zero-order valence-corrected chi connectivity index (χ0v) is 13.6. The van der Waals surface area contributed by atoms with Crippen molar-refractivity contribution < 1.29 is 19.1 Å². The van der Waals surface area contributed by atoms with Crippen LogP contribution in [0.25, 0.3) is 0 Å². The van der Waals surface area contributed by atoms with E-state index in [0.29, 0.717) is 30.3 Å². The molecule has 1 heterocycles. The fourth-order valence-corrected chi connectivity index (χ4v) is 2.74. The third-order valence-electron chi connectivity index (χ3n) is 3.57. The van der Waals surface area contributed by atoms with Gasteiger partial charge in [0, 0.05) is 19.5 Å². The Labute approximate surface area is 134 Å². The molecule has 1 fully saturated rings. The van der Waals surface area contributed by atoms with Crippen LogP contribution in [0.1, 0.15) is 30.1 Å². The van der Waals surface area contributed by atoms with Crippen LogP contribution in [0.2, 0.25) is 5.02 Å². The minimum atomic E-state index is -0.351. The van der Waals surface area contributed by atoms with Gasteiger partial charge in [-0.3, -0.25) is 14.6 Å². The van der Waals surface area contributed by atoms with Crippen LogP contribution >= 0.6 is 11.6 Å². The largest absolute Gasteiger partial charge is 0.496 e. The number of nitrogens with zero attached hydrogens (tertiary/aromatic N) is 2. The van der Waals surface area contributed by atoms with Crippen molar-refractivity contribution in [3.63, 3.8) is 0 Å². The van der Waals surface area contributed by atoms with Crippen LogP contribution in [-0.4, -0.2) is 49.1 Å². The van der Waals surface area contributed by atoms with E-state index < -0.39 is 0 Å². The number of methoxy groups -OCH3 is 2. The number of benzene rings is 1. The highest BCUT2D eigenvalue weighted by atomic mass is 35.5. The van der Waals surface area contributed by atoms with Crippen molar-refractivity contribution in [1.82, 2.24) is 10.0 Å². The minimum absolute atomic E-state index is 0.0918. The summed E-state index contributed by atoms with van der Waals surface area (Å²) in [6, 6.07) is 3.22. The van der Waals surface area contributed by atoms with Gasteiger partial charge in [0.15, 0.2) is 5.75 Å². The molecule has 1 aromatic rings. The maximum absolute atomic E-state index is 12.9. The van der Waals surface area contributed by atoms with Crippen LogP contribution in [0.4, 0.5) is 0 Å². The van der Waals surface area contributed by atoms with Gasteiger partial charge in [0.2, 0.25) is 5.91 Å². The van der Waals surface area contributed by atoms with Crippen molar-refractivity contribution >= 4 is 23.4 Å². The zero-order valence-electron chi connectivity index (χ0n) is 12.9. The fraction of sp³-hybridized carbons (Fsp3) is 0.467. The van der Waals surface area contributed by atoms with Gasteiger partial charge >= 0.3 is 0 Å². The molecule has 0 spiro atoms. The average molecular weight is 327 g/mol. The third-order valence-corrected chi connectivity index (χ3v) is 3.86. The second-order valence-electron chi connectivity index (χ2n) is 4.81. The highest BCUT2D eigenvalue weighted by Crippen LogP contribution is 2.37. The van der Waals surface area contributed by atoms with Gasteiger partial charge in [-0.05, 0) is 18.6 Å². The molecule has 0 saturated carbocycles. The van der Waals surface area contributed by atoms with E-state index in [1.165, 1.54) is 24.2 Å². The van der Waals surface area contributed by atoms with E-state index in [2.05, 4.69) is 0 Å². The number of amides is 2. The predicted molar refractivity (Wildman–Crippen MR) is 82.2 cm³/mol. The molecule has 2 rings (SSSR count). The van der Waals surface area contributed by atoms with Crippen molar-refractivity contribution in [2.45, 2.75) is 19.8 Å². The summed E-state index contributed by atoms with van der Waals surface area (Å²) in [5.74, 6) is 0.171. The van der Waals surface area contributed by atoms with Crippen molar-refractivity contribution in [1.29, 1.82) is 0 Å². The standard InChI is InChI=1S/C15H19ClN2O4/c1-4-12(19)17-8-5-9-18(17)15(20)13-11(21-2)7-6-10(16)14(13)22-3/h6-7H,4-5,8-9H2,1-3H3. The molecule has 6 nitrogen and oxygen atoms in total. The van der Waals surface area contributed by atoms with E-state index in [-0.39, 0.29) is 23.1 Å². The van der Waals surface area contributed by atoms with Gasteiger partial charge in [0.1, 0.15) is 11.3 Å². The van der Waals surface area contributed by atoms with E-state index in [1.54, 1.807) is 19.1 Å². The lowest BCUT2D eigenvalue weighted by atomic mass is 10.1. The first-order chi connectivity index (χ1) is 10.5. The van der Waals surface area contributed by atoms with E-state index in [0.717, 1.165) is 6.42 Å². The van der Waals surface area contributed by atoms with Crippen LogP contribution < -0.4 is 9.47 Å². The van der Waals surface area contributed by atoms with Gasteiger partial charge in [-0.2, -0.15) is 0 Å². The summed E-state index contributed by atoms with van der Waals surface area (Å²) in [5.41, 5.74) is 0.230. The molecular weight excluding hydrogens is 308 g/mol. The molecule has 0 aromatic heterocycles. The van der Waals surface area contributed by atoms with Crippen molar-refractivity contribution in [3.8, 4) is 11.5 Å². The smallest absolute Gasteiger partial charge is 0.280 e. The van der Waals surface area contributed by atoms with Crippen molar-refractivity contribution in [3.05, 3.63) is 22.7 Å². The number of hydrogen-bond acceptors (Lipinski definition) is 4. The Kier molecular flexibility index (Phi) is 5.13. The molecule has 7 heteroatoms. The molecule has 1 aromatic carbocycles. The summed E-state index contributed by atoms with van der Waals surface area (Å²) in [7, 11) is 2.91.